The maximum Gasteiger partial charge on any atom is 0.217 e. The molecule has 2 heterocycles. The van der Waals surface area contributed by atoms with Crippen molar-refractivity contribution in [3.8, 4) is 11.6 Å². The number of hydrogen-bond donors (Lipinski definition) is 1. The van der Waals surface area contributed by atoms with E-state index in [1.165, 1.54) is 0 Å². The van der Waals surface area contributed by atoms with Gasteiger partial charge in [0.15, 0.2) is 0 Å². The number of benzene rings is 1. The maximum atomic E-state index is 10.7. The molecule has 1 aliphatic rings. The van der Waals surface area contributed by atoms with Gasteiger partial charge in [0.25, 0.3) is 0 Å². The fraction of sp³-hybridized carbons (Fsp3) is 0.400. The molecule has 1 N–H and O–H groups in total. The zero-order valence-electron chi connectivity index (χ0n) is 11.9. The van der Waals surface area contributed by atoms with Gasteiger partial charge >= 0.3 is 0 Å². The normalized spacial score (nSPS) is 14.8. The average Bonchev–Trinajstić information content (AvgIpc) is 3.00. The van der Waals surface area contributed by atoms with Gasteiger partial charge in [-0.15, -0.1) is 0 Å². The van der Waals surface area contributed by atoms with Crippen LogP contribution in [0.5, 0.6) is 11.6 Å². The van der Waals surface area contributed by atoms with E-state index in [9.17, 15) is 5.11 Å². The Bertz CT molecular complexity index is 649. The second kappa shape index (κ2) is 4.83. The number of nitrogens with zero attached hydrogens (tertiary/aromatic N) is 2. The van der Waals surface area contributed by atoms with Crippen molar-refractivity contribution < 1.29 is 14.6 Å². The van der Waals surface area contributed by atoms with Crippen molar-refractivity contribution in [1.29, 1.82) is 0 Å². The van der Waals surface area contributed by atoms with Gasteiger partial charge in [-0.1, -0.05) is 6.07 Å². The third-order valence-electron chi connectivity index (χ3n) is 3.71. The zero-order chi connectivity index (χ0) is 14.3. The number of aliphatic hydroxyl groups excluding tert-OH is 1. The van der Waals surface area contributed by atoms with Crippen LogP contribution in [-0.2, 0) is 13.5 Å². The molecule has 0 fully saturated rings. The van der Waals surface area contributed by atoms with E-state index in [0.29, 0.717) is 18.1 Å². The Morgan fingerprint density at radius 3 is 3.00 bits per heavy atom. The second-order valence-electron chi connectivity index (χ2n) is 5.00. The van der Waals surface area contributed by atoms with Gasteiger partial charge in [-0.25, -0.2) is 4.68 Å². The first-order valence-electron chi connectivity index (χ1n) is 6.63. The Labute approximate surface area is 117 Å². The lowest BCUT2D eigenvalue weighted by Crippen LogP contribution is -2.04. The summed E-state index contributed by atoms with van der Waals surface area (Å²) in [5, 5.41) is 15.0. The summed E-state index contributed by atoms with van der Waals surface area (Å²) in [6.45, 7) is 2.58. The molecule has 2 aromatic rings. The van der Waals surface area contributed by atoms with Crippen molar-refractivity contribution in [2.45, 2.75) is 19.4 Å². The Hall–Kier alpha value is -2.01. The number of aryl methyl sites for hydroxylation is 2. The number of aromatic nitrogens is 2. The molecule has 0 saturated carbocycles. The smallest absolute Gasteiger partial charge is 0.217 e. The summed E-state index contributed by atoms with van der Waals surface area (Å²) >= 11 is 0. The number of fused-ring (bicyclic) bond motifs is 1. The highest BCUT2D eigenvalue weighted by atomic mass is 16.5. The van der Waals surface area contributed by atoms with Crippen molar-refractivity contribution in [1.82, 2.24) is 9.78 Å². The minimum Gasteiger partial charge on any atom is -0.493 e. The van der Waals surface area contributed by atoms with E-state index in [-0.39, 0.29) is 0 Å². The first-order valence-corrected chi connectivity index (χ1v) is 6.63. The molecule has 0 radical (unpaired) electrons. The Balaban J connectivity index is 2.02. The van der Waals surface area contributed by atoms with Crippen LogP contribution in [0, 0.1) is 6.92 Å². The predicted molar refractivity (Wildman–Crippen MR) is 74.2 cm³/mol. The van der Waals surface area contributed by atoms with Crippen molar-refractivity contribution in [2.75, 3.05) is 13.7 Å². The van der Waals surface area contributed by atoms with Crippen LogP contribution in [0.3, 0.4) is 0 Å². The van der Waals surface area contributed by atoms with E-state index in [2.05, 4.69) is 5.10 Å². The maximum absolute atomic E-state index is 10.7. The third kappa shape index (κ3) is 1.94. The van der Waals surface area contributed by atoms with Crippen molar-refractivity contribution in [2.24, 2.45) is 7.05 Å². The van der Waals surface area contributed by atoms with Crippen molar-refractivity contribution >= 4 is 0 Å². The molecular formula is C15H18N2O3. The van der Waals surface area contributed by atoms with Crippen LogP contribution in [0.4, 0.5) is 0 Å². The van der Waals surface area contributed by atoms with Gasteiger partial charge < -0.3 is 14.6 Å². The fourth-order valence-electron chi connectivity index (χ4n) is 2.75. The van der Waals surface area contributed by atoms with Gasteiger partial charge in [-0.05, 0) is 30.2 Å². The van der Waals surface area contributed by atoms with E-state index < -0.39 is 6.10 Å². The molecule has 3 rings (SSSR count). The number of methoxy groups -OCH3 is 1. The number of aliphatic hydroxyl groups is 1. The molecule has 0 bridgehead atoms. The van der Waals surface area contributed by atoms with Crippen LogP contribution in [0.15, 0.2) is 18.2 Å². The van der Waals surface area contributed by atoms with Crippen molar-refractivity contribution in [3.05, 3.63) is 40.6 Å². The summed E-state index contributed by atoms with van der Waals surface area (Å²) in [5.41, 5.74) is 3.47. The lowest BCUT2D eigenvalue weighted by molar-refractivity contribution is 0.212. The molecule has 1 aromatic carbocycles. The molecule has 1 atom stereocenters. The van der Waals surface area contributed by atoms with Crippen molar-refractivity contribution in [3.63, 3.8) is 0 Å². The summed E-state index contributed by atoms with van der Waals surface area (Å²) in [6.07, 6.45) is 0.142. The highest BCUT2D eigenvalue weighted by Gasteiger charge is 2.24. The molecule has 106 valence electrons. The molecule has 5 nitrogen and oxygen atoms in total. The van der Waals surface area contributed by atoms with E-state index >= 15 is 0 Å². The van der Waals surface area contributed by atoms with E-state index in [0.717, 1.165) is 29.0 Å². The number of ether oxygens (including phenoxy) is 2. The SMILES string of the molecule is COc1c(C(O)c2ccc3c(c2)CCO3)c(C)nn1C. The molecule has 1 aromatic heterocycles. The summed E-state index contributed by atoms with van der Waals surface area (Å²) in [5.74, 6) is 1.50. The molecule has 20 heavy (non-hydrogen) atoms. The molecule has 1 unspecified atom stereocenters. The quantitative estimate of drug-likeness (QED) is 0.926. The third-order valence-corrected chi connectivity index (χ3v) is 3.71. The Morgan fingerprint density at radius 1 is 1.45 bits per heavy atom. The van der Waals surface area contributed by atoms with Crippen LogP contribution in [0.1, 0.15) is 28.5 Å². The first kappa shape index (κ1) is 13.0. The summed E-state index contributed by atoms with van der Waals surface area (Å²) < 4.78 is 12.5. The lowest BCUT2D eigenvalue weighted by atomic mass is 9.99. The number of rotatable bonds is 3. The molecule has 5 heteroatoms. The Kier molecular flexibility index (Phi) is 3.14. The highest BCUT2D eigenvalue weighted by molar-refractivity contribution is 5.45. The predicted octanol–water partition coefficient (Wildman–Crippen LogP) is 1.75. The van der Waals surface area contributed by atoms with Gasteiger partial charge in [0.05, 0.1) is 25.0 Å². The highest BCUT2D eigenvalue weighted by Crippen LogP contribution is 2.35. The zero-order valence-corrected chi connectivity index (χ0v) is 11.9. The largest absolute Gasteiger partial charge is 0.493 e. The first-order chi connectivity index (χ1) is 9.61. The molecular weight excluding hydrogens is 256 g/mol. The molecule has 0 spiro atoms. The van der Waals surface area contributed by atoms with Gasteiger partial charge in [-0.2, -0.15) is 5.10 Å². The topological polar surface area (TPSA) is 56.5 Å². The van der Waals surface area contributed by atoms with Gasteiger partial charge in [0.2, 0.25) is 5.88 Å². The molecule has 0 amide bonds. The standard InChI is InChI=1S/C15H18N2O3/c1-9-13(15(19-3)17(2)16-9)14(18)11-4-5-12-10(8-11)6-7-20-12/h4-5,8,14,18H,6-7H2,1-3H3. The molecule has 0 aliphatic carbocycles. The summed E-state index contributed by atoms with van der Waals surface area (Å²) in [4.78, 5) is 0. The average molecular weight is 274 g/mol. The van der Waals surface area contributed by atoms with Gasteiger partial charge in [0, 0.05) is 13.5 Å². The van der Waals surface area contributed by atoms with Crippen LogP contribution in [-0.4, -0.2) is 28.6 Å². The van der Waals surface area contributed by atoms with E-state index in [1.807, 2.05) is 25.1 Å². The Morgan fingerprint density at radius 2 is 2.25 bits per heavy atom. The second-order valence-corrected chi connectivity index (χ2v) is 5.00. The van der Waals surface area contributed by atoms with Gasteiger partial charge in [0.1, 0.15) is 11.9 Å². The minimum absolute atomic E-state index is 0.590. The minimum atomic E-state index is -0.746. The van der Waals surface area contributed by atoms with Gasteiger partial charge in [-0.3, -0.25) is 0 Å². The van der Waals surface area contributed by atoms with E-state index in [4.69, 9.17) is 9.47 Å². The van der Waals surface area contributed by atoms with Crippen LogP contribution < -0.4 is 9.47 Å². The summed E-state index contributed by atoms with van der Waals surface area (Å²) in [6, 6.07) is 5.80. The molecule has 1 aliphatic heterocycles. The lowest BCUT2D eigenvalue weighted by Gasteiger charge is -2.13. The van der Waals surface area contributed by atoms with Crippen LogP contribution in [0.25, 0.3) is 0 Å². The summed E-state index contributed by atoms with van der Waals surface area (Å²) in [7, 11) is 3.39. The fourth-order valence-corrected chi connectivity index (χ4v) is 2.75. The number of hydrogen-bond acceptors (Lipinski definition) is 4. The molecule has 0 saturated heterocycles. The van der Waals surface area contributed by atoms with Crippen LogP contribution >= 0.6 is 0 Å². The monoisotopic (exact) mass is 274 g/mol. The van der Waals surface area contributed by atoms with E-state index in [1.54, 1.807) is 18.8 Å². The van der Waals surface area contributed by atoms with Crippen LogP contribution in [0.2, 0.25) is 0 Å².